The Bertz CT molecular complexity index is 2420. The molecule has 7 rings (SSSR count). The predicted octanol–water partition coefficient (Wildman–Crippen LogP) is 6.36. The lowest BCUT2D eigenvalue weighted by Gasteiger charge is -2.43. The number of benzene rings is 1. The number of methoxy groups -OCH3 is 1. The maximum absolute atomic E-state index is 14.6. The van der Waals surface area contributed by atoms with Gasteiger partial charge in [-0.05, 0) is 74.9 Å². The number of ether oxygens (including phenoxy) is 2. The maximum atomic E-state index is 14.6. The number of aromatic nitrogens is 3. The number of ketones is 1. The molecule has 16 heteroatoms. The van der Waals surface area contributed by atoms with Crippen molar-refractivity contribution < 1.29 is 33.4 Å². The summed E-state index contributed by atoms with van der Waals surface area (Å²) in [6.45, 7) is 17.5. The third-order valence-electron chi connectivity index (χ3n) is 12.7. The number of rotatable bonds is 11. The highest BCUT2D eigenvalue weighted by Crippen LogP contribution is 2.42. The van der Waals surface area contributed by atoms with Crippen molar-refractivity contribution in [2.24, 2.45) is 17.3 Å². The number of amides is 4. The second-order valence-corrected chi connectivity index (χ2v) is 19.4. The molecule has 4 amide bonds. The van der Waals surface area contributed by atoms with Crippen molar-refractivity contribution in [1.82, 2.24) is 40.1 Å². The second kappa shape index (κ2) is 19.3. The first-order chi connectivity index (χ1) is 30.5. The molecule has 1 aromatic carbocycles. The van der Waals surface area contributed by atoms with Crippen LogP contribution in [0.1, 0.15) is 83.2 Å². The Morgan fingerprint density at radius 1 is 1.17 bits per heavy atom. The van der Waals surface area contributed by atoms with Gasteiger partial charge in [0.2, 0.25) is 5.91 Å². The third-order valence-corrected chi connectivity index (χ3v) is 13.6. The lowest BCUT2D eigenvalue weighted by atomic mass is 9.84. The molecule has 0 spiro atoms. The van der Waals surface area contributed by atoms with Crippen LogP contribution in [0.25, 0.3) is 33.4 Å². The van der Waals surface area contributed by atoms with Crippen LogP contribution in [0.5, 0.6) is 0 Å². The van der Waals surface area contributed by atoms with Crippen molar-refractivity contribution >= 4 is 51.8 Å². The Kier molecular flexibility index (Phi) is 14.1. The molecule has 342 valence electrons. The lowest BCUT2D eigenvalue weighted by molar-refractivity contribution is -0.155. The molecule has 2 fully saturated rings. The lowest BCUT2D eigenvalue weighted by Crippen LogP contribution is -2.63. The van der Waals surface area contributed by atoms with E-state index in [0.29, 0.717) is 56.9 Å². The molecule has 0 saturated carbocycles. The van der Waals surface area contributed by atoms with Crippen molar-refractivity contribution in [2.45, 2.75) is 104 Å². The number of hydrogen-bond donors (Lipinski definition) is 2. The van der Waals surface area contributed by atoms with E-state index in [9.17, 15) is 24.0 Å². The van der Waals surface area contributed by atoms with Crippen molar-refractivity contribution in [3.8, 4) is 22.5 Å². The predicted molar refractivity (Wildman–Crippen MR) is 246 cm³/mol. The first-order valence-electron chi connectivity index (χ1n) is 22.3. The normalized spacial score (nSPS) is 20.3. The number of allylic oxidation sites excluding steroid dienone is 1. The van der Waals surface area contributed by atoms with Gasteiger partial charge < -0.3 is 29.2 Å². The quantitative estimate of drug-likeness (QED) is 0.128. The van der Waals surface area contributed by atoms with Gasteiger partial charge in [0.1, 0.15) is 18.1 Å². The number of pyridine rings is 1. The molecule has 6 heterocycles. The Hall–Kier alpha value is -5.45. The molecule has 4 aromatic rings. The van der Waals surface area contributed by atoms with Gasteiger partial charge >= 0.3 is 12.0 Å². The van der Waals surface area contributed by atoms with Crippen LogP contribution < -0.4 is 10.7 Å². The fourth-order valence-electron chi connectivity index (χ4n) is 9.31. The molecule has 6 bridgehead atoms. The summed E-state index contributed by atoms with van der Waals surface area (Å²) in [5.41, 5.74) is 9.26. The topological polar surface area (TPSA) is 168 Å². The SMILES string of the molecule is C=CC(=O)CC1CN(C(=O)N(C)[C@H](C(=O)N[C@H]2Cc3nc(cs3)-c3ccc4c(c3)c(c(-c3cccnc3[C@H](C)OC)n4CC)CC(C)(C)COC(=O)[C@@H]3CCCN(N3)C2=O)C(C)C)C1. The summed E-state index contributed by atoms with van der Waals surface area (Å²) < 4.78 is 14.2. The molecular formula is C48H62N8O7S. The molecule has 15 nitrogen and oxygen atoms in total. The van der Waals surface area contributed by atoms with Crippen LogP contribution in [-0.2, 0) is 48.0 Å². The molecule has 4 atom stereocenters. The Labute approximate surface area is 379 Å². The van der Waals surface area contributed by atoms with E-state index in [-0.39, 0.29) is 42.8 Å². The zero-order chi connectivity index (χ0) is 46.0. The van der Waals surface area contributed by atoms with Crippen molar-refractivity contribution in [3.05, 3.63) is 70.8 Å². The summed E-state index contributed by atoms with van der Waals surface area (Å²) >= 11 is 1.41. The number of likely N-dealkylation sites (tertiary alicyclic amines) is 1. The number of esters is 1. The number of hydrazine groups is 1. The standard InChI is InChI=1S/C48H62N8O7S/c1-10-32(57)20-30-24-54(25-30)47(61)53(8)42(28(3)4)44(58)51-37-22-40-50-38(26-64-40)31-16-17-39-34(21-31)35(43(55(39)11-2)33-14-12-18-49-41(33)29(5)62-9)23-48(6,7)27-63-46(60)36-15-13-19-56(52-36)45(37)59/h10,12,14,16-18,21,26,28-30,36-37,42,52H,1,11,13,15,19-20,22-25,27H2,2-9H3,(H,51,58)/t29-,36-,37-,42-/m0/s1. The minimum atomic E-state index is -1.08. The van der Waals surface area contributed by atoms with Gasteiger partial charge in [0.15, 0.2) is 5.78 Å². The number of fused-ring (bicyclic) bond motifs is 6. The number of carbonyl (C=O) groups excluding carboxylic acids is 5. The molecule has 0 unspecified atom stereocenters. The van der Waals surface area contributed by atoms with E-state index in [1.807, 2.05) is 32.2 Å². The minimum absolute atomic E-state index is 0.0377. The number of urea groups is 1. The number of nitrogens with zero attached hydrogens (tertiary/aromatic N) is 6. The number of aryl methyl sites for hydroxylation is 1. The minimum Gasteiger partial charge on any atom is -0.464 e. The van der Waals surface area contributed by atoms with Crippen molar-refractivity contribution in [1.29, 1.82) is 0 Å². The zero-order valence-corrected chi connectivity index (χ0v) is 39.1. The van der Waals surface area contributed by atoms with Crippen LogP contribution in [0.2, 0.25) is 0 Å². The van der Waals surface area contributed by atoms with Crippen LogP contribution >= 0.6 is 11.3 Å². The summed E-state index contributed by atoms with van der Waals surface area (Å²) in [5.74, 6) is -1.70. The Morgan fingerprint density at radius 2 is 1.94 bits per heavy atom. The average Bonchev–Trinajstić information content (AvgIpc) is 3.86. The largest absolute Gasteiger partial charge is 0.464 e. The summed E-state index contributed by atoms with van der Waals surface area (Å²) in [4.78, 5) is 81.2. The average molecular weight is 895 g/mol. The van der Waals surface area contributed by atoms with E-state index in [1.54, 1.807) is 25.3 Å². The van der Waals surface area contributed by atoms with E-state index in [2.05, 4.69) is 66.9 Å². The number of likely N-dealkylation sites (N-methyl/N-ethyl adjacent to an activating group) is 1. The molecule has 2 saturated heterocycles. The zero-order valence-electron chi connectivity index (χ0n) is 38.3. The fourth-order valence-corrected chi connectivity index (χ4v) is 10.2. The fraction of sp³-hybridized carbons (Fsp3) is 0.521. The van der Waals surface area contributed by atoms with Gasteiger partial charge in [-0.1, -0.05) is 40.3 Å². The van der Waals surface area contributed by atoms with E-state index in [4.69, 9.17) is 19.4 Å². The van der Waals surface area contributed by atoms with Gasteiger partial charge in [-0.15, -0.1) is 11.3 Å². The summed E-state index contributed by atoms with van der Waals surface area (Å²) in [5, 5.41) is 8.08. The smallest absolute Gasteiger partial charge is 0.324 e. The van der Waals surface area contributed by atoms with Crippen LogP contribution in [0, 0.1) is 17.3 Å². The summed E-state index contributed by atoms with van der Waals surface area (Å²) in [6, 6.07) is 7.31. The number of hydrogen-bond acceptors (Lipinski definition) is 11. The van der Waals surface area contributed by atoms with Gasteiger partial charge in [-0.3, -0.25) is 29.2 Å². The highest BCUT2D eigenvalue weighted by atomic mass is 32.1. The third kappa shape index (κ3) is 9.64. The first kappa shape index (κ1) is 46.5. The van der Waals surface area contributed by atoms with Gasteiger partial charge in [0.05, 0.1) is 34.8 Å². The van der Waals surface area contributed by atoms with Gasteiger partial charge in [0.25, 0.3) is 5.91 Å². The van der Waals surface area contributed by atoms with E-state index in [0.717, 1.165) is 44.7 Å². The van der Waals surface area contributed by atoms with Crippen LogP contribution in [-0.4, -0.2) is 117 Å². The number of thiazole rings is 1. The molecular weight excluding hydrogens is 833 g/mol. The monoisotopic (exact) mass is 894 g/mol. The highest BCUT2D eigenvalue weighted by molar-refractivity contribution is 7.10. The first-order valence-corrected chi connectivity index (χ1v) is 23.2. The van der Waals surface area contributed by atoms with Crippen molar-refractivity contribution in [2.75, 3.05) is 40.4 Å². The molecule has 3 aliphatic rings. The highest BCUT2D eigenvalue weighted by Gasteiger charge is 2.41. The van der Waals surface area contributed by atoms with Crippen LogP contribution in [0.15, 0.2) is 54.6 Å². The second-order valence-electron chi connectivity index (χ2n) is 18.5. The van der Waals surface area contributed by atoms with Crippen LogP contribution in [0.4, 0.5) is 4.79 Å². The molecule has 2 N–H and O–H groups in total. The molecule has 64 heavy (non-hydrogen) atoms. The van der Waals surface area contributed by atoms with Crippen molar-refractivity contribution in [3.63, 3.8) is 0 Å². The molecule has 0 aliphatic carbocycles. The number of cyclic esters (lactones) is 1. The summed E-state index contributed by atoms with van der Waals surface area (Å²) in [6.07, 6.45) is 4.81. The molecule has 3 aromatic heterocycles. The number of nitrogens with one attached hydrogen (secondary N) is 2. The summed E-state index contributed by atoms with van der Waals surface area (Å²) in [7, 11) is 3.27. The van der Waals surface area contributed by atoms with E-state index < -0.39 is 41.3 Å². The number of carbonyl (C=O) groups is 5. The Balaban J connectivity index is 1.25. The molecule has 0 radical (unpaired) electrons. The van der Waals surface area contributed by atoms with E-state index in [1.165, 1.54) is 27.3 Å². The van der Waals surface area contributed by atoms with Gasteiger partial charge in [-0.2, -0.15) is 0 Å². The molecule has 3 aliphatic heterocycles. The maximum Gasteiger partial charge on any atom is 0.324 e. The van der Waals surface area contributed by atoms with Crippen LogP contribution in [0.3, 0.4) is 0 Å². The van der Waals surface area contributed by atoms with E-state index >= 15 is 0 Å². The van der Waals surface area contributed by atoms with Gasteiger partial charge in [0, 0.05) is 98.1 Å². The van der Waals surface area contributed by atoms with Gasteiger partial charge in [-0.25, -0.2) is 15.2 Å². The Morgan fingerprint density at radius 3 is 2.64 bits per heavy atom.